The van der Waals surface area contributed by atoms with Crippen molar-refractivity contribution in [3.63, 3.8) is 0 Å². The van der Waals surface area contributed by atoms with Crippen LogP contribution in [-0.4, -0.2) is 40.6 Å². The molecule has 0 atom stereocenters. The molecule has 9 heteroatoms. The summed E-state index contributed by atoms with van der Waals surface area (Å²) in [5, 5.41) is 18.7. The molecule has 0 bridgehead atoms. The van der Waals surface area contributed by atoms with Crippen LogP contribution in [0.5, 0.6) is 0 Å². The molecule has 0 amide bonds. The molecule has 1 fully saturated rings. The molecule has 7 nitrogen and oxygen atoms in total. The van der Waals surface area contributed by atoms with Gasteiger partial charge < -0.3 is 0 Å². The van der Waals surface area contributed by atoms with Crippen molar-refractivity contribution >= 4 is 21.8 Å². The molecule has 3 aromatic carbocycles. The summed E-state index contributed by atoms with van der Waals surface area (Å²) in [6, 6.07) is 26.4. The van der Waals surface area contributed by atoms with Crippen LogP contribution >= 0.6 is 11.8 Å². The number of hydrogen-bond acceptors (Lipinski definition) is 6. The largest absolute Gasteiger partial charge is 0.270 e. The van der Waals surface area contributed by atoms with Crippen molar-refractivity contribution in [1.29, 1.82) is 5.26 Å². The van der Waals surface area contributed by atoms with Gasteiger partial charge in [-0.2, -0.15) is 9.57 Å². The quantitative estimate of drug-likeness (QED) is 0.311. The van der Waals surface area contributed by atoms with E-state index in [1.165, 1.54) is 11.8 Å². The van der Waals surface area contributed by atoms with Gasteiger partial charge in [-0.15, -0.1) is 10.2 Å². The summed E-state index contributed by atoms with van der Waals surface area (Å²) in [6.07, 6.45) is 2.84. The Balaban J connectivity index is 1.50. The van der Waals surface area contributed by atoms with E-state index in [0.717, 1.165) is 30.5 Å². The number of aromatic nitrogens is 3. The second kappa shape index (κ2) is 10.7. The van der Waals surface area contributed by atoms with E-state index in [1.54, 1.807) is 34.6 Å². The minimum Gasteiger partial charge on any atom is -0.270 e. The molecule has 1 aromatic heterocycles. The van der Waals surface area contributed by atoms with Crippen LogP contribution < -0.4 is 0 Å². The SMILES string of the molecule is N#Cc1ccc(CSc2nnc(-c3cccc(S(=O)(=O)N4CCCCC4)c3)n2-c2ccccc2)cc1. The van der Waals surface area contributed by atoms with E-state index in [0.29, 0.717) is 41.0 Å². The molecule has 0 N–H and O–H groups in total. The maximum atomic E-state index is 13.3. The third kappa shape index (κ3) is 5.07. The van der Waals surface area contributed by atoms with Gasteiger partial charge in [0.1, 0.15) is 0 Å². The van der Waals surface area contributed by atoms with Gasteiger partial charge in [0.05, 0.1) is 16.5 Å². The summed E-state index contributed by atoms with van der Waals surface area (Å²) in [6.45, 7) is 1.12. The lowest BCUT2D eigenvalue weighted by molar-refractivity contribution is 0.346. The molecule has 1 aliphatic heterocycles. The first kappa shape index (κ1) is 24.3. The molecule has 0 spiro atoms. The maximum Gasteiger partial charge on any atom is 0.243 e. The minimum absolute atomic E-state index is 0.274. The highest BCUT2D eigenvalue weighted by Gasteiger charge is 2.27. The van der Waals surface area contributed by atoms with Gasteiger partial charge in [0.15, 0.2) is 11.0 Å². The molecule has 0 radical (unpaired) electrons. The highest BCUT2D eigenvalue weighted by Crippen LogP contribution is 2.31. The smallest absolute Gasteiger partial charge is 0.243 e. The molecule has 1 saturated heterocycles. The Hall–Kier alpha value is -3.45. The maximum absolute atomic E-state index is 13.3. The molecular weight excluding hydrogens is 490 g/mol. The average molecular weight is 516 g/mol. The lowest BCUT2D eigenvalue weighted by Gasteiger charge is -2.26. The summed E-state index contributed by atoms with van der Waals surface area (Å²) in [5.74, 6) is 1.24. The molecule has 2 heterocycles. The number of nitriles is 1. The number of hydrogen-bond donors (Lipinski definition) is 0. The fraction of sp³-hybridized carbons (Fsp3) is 0.222. The number of nitrogens with zero attached hydrogens (tertiary/aromatic N) is 5. The topological polar surface area (TPSA) is 91.9 Å². The molecule has 182 valence electrons. The summed E-state index contributed by atoms with van der Waals surface area (Å²) in [4.78, 5) is 0.274. The molecule has 1 aliphatic rings. The minimum atomic E-state index is -3.57. The fourth-order valence-corrected chi connectivity index (χ4v) is 6.70. The van der Waals surface area contributed by atoms with Crippen LogP contribution in [0.2, 0.25) is 0 Å². The van der Waals surface area contributed by atoms with E-state index in [2.05, 4.69) is 16.3 Å². The summed E-state index contributed by atoms with van der Waals surface area (Å²) in [7, 11) is -3.57. The standard InChI is InChI=1S/C27H25N5O2S2/c28-19-21-12-14-22(15-13-21)20-35-27-30-29-26(32(27)24-9-3-1-4-10-24)23-8-7-11-25(18-23)36(33,34)31-16-5-2-6-17-31/h1,3-4,7-15,18H,2,5-6,16-17,20H2. The monoisotopic (exact) mass is 515 g/mol. The number of thioether (sulfide) groups is 1. The summed E-state index contributed by atoms with van der Waals surface area (Å²) < 4.78 is 30.1. The van der Waals surface area contributed by atoms with Crippen LogP contribution in [0.1, 0.15) is 30.4 Å². The van der Waals surface area contributed by atoms with E-state index in [1.807, 2.05) is 53.1 Å². The van der Waals surface area contributed by atoms with Gasteiger partial charge in [-0.3, -0.25) is 4.57 Å². The number of piperidine rings is 1. The van der Waals surface area contributed by atoms with Crippen LogP contribution in [0.25, 0.3) is 17.1 Å². The molecular formula is C27H25N5O2S2. The van der Waals surface area contributed by atoms with Gasteiger partial charge in [-0.25, -0.2) is 8.42 Å². The first-order valence-corrected chi connectivity index (χ1v) is 14.2. The Labute approximate surface area is 215 Å². The number of benzene rings is 3. The second-order valence-electron chi connectivity index (χ2n) is 8.57. The Morgan fingerprint density at radius 1 is 0.889 bits per heavy atom. The molecule has 4 aromatic rings. The third-order valence-electron chi connectivity index (χ3n) is 6.14. The molecule has 0 aliphatic carbocycles. The van der Waals surface area contributed by atoms with Crippen molar-refractivity contribution in [3.8, 4) is 23.1 Å². The zero-order valence-electron chi connectivity index (χ0n) is 19.6. The summed E-state index contributed by atoms with van der Waals surface area (Å²) in [5.41, 5.74) is 3.27. The number of para-hydroxylation sites is 1. The first-order valence-electron chi connectivity index (χ1n) is 11.8. The predicted octanol–water partition coefficient (Wildman–Crippen LogP) is 5.27. The third-order valence-corrected chi connectivity index (χ3v) is 9.04. The van der Waals surface area contributed by atoms with Gasteiger partial charge in [-0.1, -0.05) is 60.6 Å². The van der Waals surface area contributed by atoms with E-state index >= 15 is 0 Å². The Morgan fingerprint density at radius 3 is 2.36 bits per heavy atom. The average Bonchev–Trinajstić information content (AvgIpc) is 3.37. The normalized spacial score (nSPS) is 14.4. The van der Waals surface area contributed by atoms with E-state index < -0.39 is 10.0 Å². The van der Waals surface area contributed by atoms with Crippen molar-refractivity contribution in [2.75, 3.05) is 13.1 Å². The first-order chi connectivity index (χ1) is 17.6. The number of rotatable bonds is 7. The van der Waals surface area contributed by atoms with Crippen molar-refractivity contribution in [2.45, 2.75) is 35.1 Å². The summed E-state index contributed by atoms with van der Waals surface area (Å²) >= 11 is 1.54. The lowest BCUT2D eigenvalue weighted by atomic mass is 10.2. The lowest BCUT2D eigenvalue weighted by Crippen LogP contribution is -2.35. The van der Waals surface area contributed by atoms with Crippen molar-refractivity contribution in [2.24, 2.45) is 0 Å². The van der Waals surface area contributed by atoms with Crippen molar-refractivity contribution in [1.82, 2.24) is 19.1 Å². The fourth-order valence-electron chi connectivity index (χ4n) is 4.23. The van der Waals surface area contributed by atoms with Crippen LogP contribution in [0.4, 0.5) is 0 Å². The van der Waals surface area contributed by atoms with Gasteiger partial charge in [0.25, 0.3) is 0 Å². The molecule has 36 heavy (non-hydrogen) atoms. The number of sulfonamides is 1. The molecule has 0 saturated carbocycles. The molecule has 5 rings (SSSR count). The second-order valence-corrected chi connectivity index (χ2v) is 11.4. The van der Waals surface area contributed by atoms with Gasteiger partial charge >= 0.3 is 0 Å². The Kier molecular flexibility index (Phi) is 7.18. The van der Waals surface area contributed by atoms with E-state index in [4.69, 9.17) is 5.26 Å². The van der Waals surface area contributed by atoms with Crippen molar-refractivity contribution < 1.29 is 8.42 Å². The Morgan fingerprint density at radius 2 is 1.64 bits per heavy atom. The predicted molar refractivity (Wildman–Crippen MR) is 140 cm³/mol. The van der Waals surface area contributed by atoms with Gasteiger partial charge in [0.2, 0.25) is 10.0 Å². The zero-order chi connectivity index (χ0) is 25.0. The van der Waals surface area contributed by atoms with Crippen LogP contribution in [-0.2, 0) is 15.8 Å². The van der Waals surface area contributed by atoms with Crippen LogP contribution in [0.15, 0.2) is 88.9 Å². The van der Waals surface area contributed by atoms with Crippen molar-refractivity contribution in [3.05, 3.63) is 90.0 Å². The van der Waals surface area contributed by atoms with E-state index in [-0.39, 0.29) is 4.90 Å². The van der Waals surface area contributed by atoms with Crippen LogP contribution in [0, 0.1) is 11.3 Å². The van der Waals surface area contributed by atoms with Gasteiger partial charge in [-0.05, 0) is 54.8 Å². The highest BCUT2D eigenvalue weighted by atomic mass is 32.2. The molecule has 0 unspecified atom stereocenters. The highest BCUT2D eigenvalue weighted by molar-refractivity contribution is 7.98. The Bertz CT molecular complexity index is 1490. The van der Waals surface area contributed by atoms with E-state index in [9.17, 15) is 8.42 Å². The van der Waals surface area contributed by atoms with Crippen LogP contribution in [0.3, 0.4) is 0 Å². The zero-order valence-corrected chi connectivity index (χ0v) is 21.3. The van der Waals surface area contributed by atoms with Gasteiger partial charge in [0, 0.05) is 30.1 Å².